The molecule has 3 heteroatoms. The van der Waals surface area contributed by atoms with Gasteiger partial charge in [0.05, 0.1) is 13.7 Å². The van der Waals surface area contributed by atoms with E-state index in [1.54, 1.807) is 7.11 Å². The van der Waals surface area contributed by atoms with Gasteiger partial charge in [0.2, 0.25) is 0 Å². The van der Waals surface area contributed by atoms with Crippen LogP contribution < -0.4 is 14.8 Å². The smallest absolute Gasteiger partial charge is 0.162 e. The van der Waals surface area contributed by atoms with Crippen LogP contribution in [0.5, 0.6) is 11.5 Å². The Morgan fingerprint density at radius 2 is 1.95 bits per heavy atom. The van der Waals surface area contributed by atoms with Gasteiger partial charge >= 0.3 is 0 Å². The molecule has 1 unspecified atom stereocenters. The first-order chi connectivity index (χ1) is 9.74. The Morgan fingerprint density at radius 3 is 2.60 bits per heavy atom. The van der Waals surface area contributed by atoms with Gasteiger partial charge in [0.15, 0.2) is 11.5 Å². The average Bonchev–Trinajstić information content (AvgIpc) is 2.50. The molecule has 0 radical (unpaired) electrons. The highest BCUT2D eigenvalue weighted by Crippen LogP contribution is 2.32. The van der Waals surface area contributed by atoms with Crippen molar-refractivity contribution in [2.24, 2.45) is 5.92 Å². The Morgan fingerprint density at radius 1 is 1.20 bits per heavy atom. The van der Waals surface area contributed by atoms with Crippen LogP contribution in [0.25, 0.3) is 0 Å². The van der Waals surface area contributed by atoms with Crippen molar-refractivity contribution in [3.05, 3.63) is 18.2 Å². The molecule has 1 aromatic carbocycles. The molecule has 0 aromatic heterocycles. The van der Waals surface area contributed by atoms with Crippen LogP contribution in [0.4, 0.5) is 5.69 Å². The molecule has 2 rings (SSSR count). The maximum Gasteiger partial charge on any atom is 0.162 e. The average molecular weight is 277 g/mol. The third-order valence-corrected chi connectivity index (χ3v) is 4.21. The van der Waals surface area contributed by atoms with E-state index in [-0.39, 0.29) is 0 Å². The second kappa shape index (κ2) is 7.41. The Balaban J connectivity index is 2.01. The van der Waals surface area contributed by atoms with Crippen LogP contribution in [0.2, 0.25) is 0 Å². The molecular weight excluding hydrogens is 250 g/mol. The van der Waals surface area contributed by atoms with E-state index in [9.17, 15) is 0 Å². The van der Waals surface area contributed by atoms with Crippen molar-refractivity contribution in [3.63, 3.8) is 0 Å². The van der Waals surface area contributed by atoms with Crippen molar-refractivity contribution in [1.82, 2.24) is 0 Å². The maximum atomic E-state index is 5.55. The summed E-state index contributed by atoms with van der Waals surface area (Å²) in [7, 11) is 1.69. The van der Waals surface area contributed by atoms with Gasteiger partial charge < -0.3 is 14.8 Å². The lowest BCUT2D eigenvalue weighted by molar-refractivity contribution is 0.310. The second-order valence-corrected chi connectivity index (χ2v) is 5.63. The molecule has 1 fully saturated rings. The van der Waals surface area contributed by atoms with Crippen molar-refractivity contribution < 1.29 is 9.47 Å². The normalized spacial score (nSPS) is 17.6. The number of hydrogen-bond acceptors (Lipinski definition) is 3. The van der Waals surface area contributed by atoms with E-state index >= 15 is 0 Å². The Kier molecular flexibility index (Phi) is 5.57. The van der Waals surface area contributed by atoms with Gasteiger partial charge in [-0.1, -0.05) is 19.3 Å². The number of rotatable bonds is 6. The van der Waals surface area contributed by atoms with Gasteiger partial charge in [-0.2, -0.15) is 0 Å². The summed E-state index contributed by atoms with van der Waals surface area (Å²) in [6, 6.07) is 6.60. The fraction of sp³-hybridized carbons (Fsp3) is 0.647. The Bertz CT molecular complexity index is 413. The molecule has 1 saturated carbocycles. The summed E-state index contributed by atoms with van der Waals surface area (Å²) in [5.74, 6) is 2.40. The number of anilines is 1. The van der Waals surface area contributed by atoms with E-state index in [1.165, 1.54) is 32.1 Å². The molecule has 0 bridgehead atoms. The lowest BCUT2D eigenvalue weighted by Gasteiger charge is -2.29. The van der Waals surface area contributed by atoms with Crippen molar-refractivity contribution >= 4 is 5.69 Å². The van der Waals surface area contributed by atoms with E-state index in [0.29, 0.717) is 12.6 Å². The third kappa shape index (κ3) is 3.81. The maximum absolute atomic E-state index is 5.55. The summed E-state index contributed by atoms with van der Waals surface area (Å²) in [5.41, 5.74) is 1.11. The van der Waals surface area contributed by atoms with Crippen LogP contribution in [-0.2, 0) is 0 Å². The Labute approximate surface area is 122 Å². The van der Waals surface area contributed by atoms with Gasteiger partial charge in [0.1, 0.15) is 0 Å². The zero-order chi connectivity index (χ0) is 14.4. The van der Waals surface area contributed by atoms with Crippen molar-refractivity contribution in [2.45, 2.75) is 52.0 Å². The molecule has 1 N–H and O–H groups in total. The molecular formula is C17H27NO2. The highest BCUT2D eigenvalue weighted by atomic mass is 16.5. The molecule has 0 saturated heterocycles. The highest BCUT2D eigenvalue weighted by molar-refractivity contribution is 5.55. The zero-order valence-electron chi connectivity index (χ0n) is 12.9. The minimum absolute atomic E-state index is 0.512. The summed E-state index contributed by atoms with van der Waals surface area (Å²) >= 11 is 0. The van der Waals surface area contributed by atoms with Crippen molar-refractivity contribution in [2.75, 3.05) is 19.0 Å². The van der Waals surface area contributed by atoms with Crippen LogP contribution in [-0.4, -0.2) is 19.8 Å². The third-order valence-electron chi connectivity index (χ3n) is 4.21. The van der Waals surface area contributed by atoms with Gasteiger partial charge in [0.25, 0.3) is 0 Å². The minimum atomic E-state index is 0.512. The Hall–Kier alpha value is -1.38. The zero-order valence-corrected chi connectivity index (χ0v) is 12.9. The molecule has 0 aliphatic heterocycles. The molecule has 1 aliphatic rings. The first-order valence-electron chi connectivity index (χ1n) is 7.82. The van der Waals surface area contributed by atoms with Gasteiger partial charge in [-0.25, -0.2) is 0 Å². The van der Waals surface area contributed by atoms with Crippen LogP contribution in [0.1, 0.15) is 46.0 Å². The summed E-state index contributed by atoms with van der Waals surface area (Å²) in [6.45, 7) is 4.93. The minimum Gasteiger partial charge on any atom is -0.493 e. The lowest BCUT2D eigenvalue weighted by atomic mass is 9.84. The molecule has 1 atom stereocenters. The van der Waals surface area contributed by atoms with E-state index < -0.39 is 0 Å². The van der Waals surface area contributed by atoms with Crippen molar-refractivity contribution in [3.8, 4) is 11.5 Å². The summed E-state index contributed by atoms with van der Waals surface area (Å²) < 4.78 is 11.0. The first kappa shape index (κ1) is 15.0. The van der Waals surface area contributed by atoms with Gasteiger partial charge in [0, 0.05) is 17.8 Å². The number of benzene rings is 1. The monoisotopic (exact) mass is 277 g/mol. The summed E-state index contributed by atoms with van der Waals surface area (Å²) in [5, 5.41) is 3.62. The molecule has 112 valence electrons. The number of hydrogen-bond donors (Lipinski definition) is 1. The van der Waals surface area contributed by atoms with Gasteiger partial charge in [-0.3, -0.25) is 0 Å². The largest absolute Gasteiger partial charge is 0.493 e. The quantitative estimate of drug-likeness (QED) is 0.832. The molecule has 1 aromatic rings. The topological polar surface area (TPSA) is 30.5 Å². The summed E-state index contributed by atoms with van der Waals surface area (Å²) in [6.07, 6.45) is 6.86. The molecule has 0 spiro atoms. The molecule has 1 aliphatic carbocycles. The SMILES string of the molecule is CCOc1ccc(NC(C)C2CCCCC2)cc1OC. The predicted molar refractivity (Wildman–Crippen MR) is 83.8 cm³/mol. The standard InChI is InChI=1S/C17H27NO2/c1-4-20-16-11-10-15(12-17(16)19-3)18-13(2)14-8-6-5-7-9-14/h10-14,18H,4-9H2,1-3H3. The lowest BCUT2D eigenvalue weighted by Crippen LogP contribution is -2.27. The van der Waals surface area contributed by atoms with E-state index in [1.807, 2.05) is 19.1 Å². The van der Waals surface area contributed by atoms with E-state index in [4.69, 9.17) is 9.47 Å². The first-order valence-corrected chi connectivity index (χ1v) is 7.82. The fourth-order valence-corrected chi connectivity index (χ4v) is 3.05. The molecule has 20 heavy (non-hydrogen) atoms. The van der Waals surface area contributed by atoms with Crippen LogP contribution >= 0.6 is 0 Å². The predicted octanol–water partition coefficient (Wildman–Crippen LogP) is 4.47. The van der Waals surface area contributed by atoms with E-state index in [2.05, 4.69) is 18.3 Å². The summed E-state index contributed by atoms with van der Waals surface area (Å²) in [4.78, 5) is 0. The fourth-order valence-electron chi connectivity index (χ4n) is 3.05. The molecule has 0 heterocycles. The van der Waals surface area contributed by atoms with Gasteiger partial charge in [-0.15, -0.1) is 0 Å². The van der Waals surface area contributed by atoms with E-state index in [0.717, 1.165) is 23.1 Å². The van der Waals surface area contributed by atoms with Crippen LogP contribution in [0.15, 0.2) is 18.2 Å². The molecule has 3 nitrogen and oxygen atoms in total. The van der Waals surface area contributed by atoms with Gasteiger partial charge in [-0.05, 0) is 44.7 Å². The highest BCUT2D eigenvalue weighted by Gasteiger charge is 2.20. The number of methoxy groups -OCH3 is 1. The number of nitrogens with one attached hydrogen (secondary N) is 1. The second-order valence-electron chi connectivity index (χ2n) is 5.63. The molecule has 0 amide bonds. The van der Waals surface area contributed by atoms with Crippen LogP contribution in [0, 0.1) is 5.92 Å². The van der Waals surface area contributed by atoms with Crippen LogP contribution in [0.3, 0.4) is 0 Å². The van der Waals surface area contributed by atoms with Crippen molar-refractivity contribution in [1.29, 1.82) is 0 Å². The number of ether oxygens (including phenoxy) is 2.